The predicted octanol–water partition coefficient (Wildman–Crippen LogP) is 3.35. The molecule has 3 heterocycles. The molecule has 0 aromatic carbocycles. The van der Waals surface area contributed by atoms with Crippen LogP contribution in [-0.4, -0.2) is 37.3 Å². The van der Waals surface area contributed by atoms with Gasteiger partial charge in [-0.15, -0.1) is 6.58 Å². The monoisotopic (exact) mass is 329 g/mol. The lowest BCUT2D eigenvalue weighted by atomic mass is 10.00. The Bertz CT molecular complexity index is 710. The molecule has 2 aromatic rings. The zero-order valence-corrected chi connectivity index (χ0v) is 14.4. The molecule has 1 aliphatic heterocycles. The van der Waals surface area contributed by atoms with E-state index in [1.54, 1.807) is 6.20 Å². The molecule has 0 unspecified atom stereocenters. The van der Waals surface area contributed by atoms with Crippen LogP contribution in [0.25, 0.3) is 11.4 Å². The molecule has 0 radical (unpaired) electrons. The van der Waals surface area contributed by atoms with Crippen LogP contribution in [0.15, 0.2) is 37.2 Å². The van der Waals surface area contributed by atoms with Crippen LogP contribution in [0.4, 0.5) is 0 Å². The molecule has 3 rings (SSSR count). The van der Waals surface area contributed by atoms with Gasteiger partial charge in [-0.2, -0.15) is 5.10 Å². The van der Waals surface area contributed by atoms with E-state index in [0.717, 1.165) is 41.8 Å². The average molecular weight is 329 g/mol. The summed E-state index contributed by atoms with van der Waals surface area (Å²) in [5.74, 6) is 1.68. The van der Waals surface area contributed by atoms with Gasteiger partial charge < -0.3 is 0 Å². The van der Waals surface area contributed by atoms with E-state index in [-0.39, 0.29) is 0 Å². The lowest BCUT2D eigenvalue weighted by Gasteiger charge is -2.29. The van der Waals surface area contributed by atoms with Gasteiger partial charge in [0.2, 0.25) is 0 Å². The number of pyridine rings is 1. The summed E-state index contributed by atoms with van der Waals surface area (Å²) in [6, 6.07) is 3.93. The van der Waals surface area contributed by atoms with Crippen molar-refractivity contribution in [3.63, 3.8) is 0 Å². The Morgan fingerprint density at radius 2 is 2.17 bits per heavy atom. The number of allylic oxidation sites excluding steroid dienone is 1. The third kappa shape index (κ3) is 3.59. The summed E-state index contributed by atoms with van der Waals surface area (Å²) in [6.45, 7) is 9.78. The summed E-state index contributed by atoms with van der Waals surface area (Å²) >= 11 is 5.64. The quantitative estimate of drug-likeness (QED) is 0.623. The molecule has 0 bridgehead atoms. The molecule has 6 heteroatoms. The minimum atomic E-state index is 0.653. The molecule has 0 amide bonds. The van der Waals surface area contributed by atoms with Crippen LogP contribution >= 0.6 is 12.2 Å². The second-order valence-electron chi connectivity index (χ2n) is 6.19. The number of nitrogens with zero attached hydrogens (tertiary/aromatic N) is 5. The first kappa shape index (κ1) is 16.1. The Hall–Kier alpha value is -1.79. The van der Waals surface area contributed by atoms with Crippen LogP contribution in [0.2, 0.25) is 0 Å². The van der Waals surface area contributed by atoms with E-state index in [9.17, 15) is 0 Å². The van der Waals surface area contributed by atoms with Crippen molar-refractivity contribution in [2.45, 2.75) is 33.0 Å². The van der Waals surface area contributed by atoms with Crippen molar-refractivity contribution in [3.05, 3.63) is 42.0 Å². The van der Waals surface area contributed by atoms with Gasteiger partial charge in [0.1, 0.15) is 0 Å². The summed E-state index contributed by atoms with van der Waals surface area (Å²) in [4.78, 5) is 6.62. The van der Waals surface area contributed by atoms with Gasteiger partial charge in [0, 0.05) is 37.6 Å². The van der Waals surface area contributed by atoms with Crippen molar-refractivity contribution >= 4 is 12.2 Å². The first-order chi connectivity index (χ1) is 11.2. The highest BCUT2D eigenvalue weighted by Gasteiger charge is 2.18. The van der Waals surface area contributed by atoms with E-state index in [1.807, 2.05) is 33.7 Å². The Morgan fingerprint density at radius 1 is 1.39 bits per heavy atom. The summed E-state index contributed by atoms with van der Waals surface area (Å²) in [5, 5.41) is 4.76. The number of rotatable bonds is 5. The van der Waals surface area contributed by atoms with Crippen LogP contribution in [0.5, 0.6) is 0 Å². The Balaban J connectivity index is 1.89. The highest BCUT2D eigenvalue weighted by atomic mass is 32.1. The highest BCUT2D eigenvalue weighted by molar-refractivity contribution is 7.71. The molecule has 122 valence electrons. The lowest BCUT2D eigenvalue weighted by molar-refractivity contribution is 0.146. The first-order valence-corrected chi connectivity index (χ1v) is 8.51. The van der Waals surface area contributed by atoms with Crippen LogP contribution in [-0.2, 0) is 13.2 Å². The van der Waals surface area contributed by atoms with E-state index in [4.69, 9.17) is 17.3 Å². The third-order valence-corrected chi connectivity index (χ3v) is 4.80. The van der Waals surface area contributed by atoms with Crippen LogP contribution < -0.4 is 0 Å². The van der Waals surface area contributed by atoms with Gasteiger partial charge in [0.25, 0.3) is 0 Å². The largest absolute Gasteiger partial charge is 0.296 e. The van der Waals surface area contributed by atoms with Gasteiger partial charge in [-0.25, -0.2) is 4.68 Å². The molecule has 5 nitrogen and oxygen atoms in total. The minimum Gasteiger partial charge on any atom is -0.296 e. The SMILES string of the molecule is C=CCn1c(-c2cccnc2)nn(CN2CCC(C)CC2)c1=S. The van der Waals surface area contributed by atoms with Gasteiger partial charge in [-0.1, -0.05) is 13.0 Å². The number of hydrogen-bond acceptors (Lipinski definition) is 4. The summed E-state index contributed by atoms with van der Waals surface area (Å²) in [5.41, 5.74) is 0.978. The van der Waals surface area contributed by atoms with E-state index in [1.165, 1.54) is 12.8 Å². The lowest BCUT2D eigenvalue weighted by Crippen LogP contribution is -2.34. The number of hydrogen-bond donors (Lipinski definition) is 0. The second-order valence-corrected chi connectivity index (χ2v) is 6.55. The topological polar surface area (TPSA) is 38.9 Å². The normalized spacial score (nSPS) is 16.6. The predicted molar refractivity (Wildman–Crippen MR) is 94.5 cm³/mol. The maximum atomic E-state index is 5.64. The van der Waals surface area contributed by atoms with Crippen LogP contribution in [0.1, 0.15) is 19.8 Å². The summed E-state index contributed by atoms with van der Waals surface area (Å²) in [6.07, 6.45) is 7.93. The molecular weight excluding hydrogens is 306 g/mol. The van der Waals surface area contributed by atoms with Crippen LogP contribution in [0, 0.1) is 10.7 Å². The molecule has 0 atom stereocenters. The van der Waals surface area contributed by atoms with Gasteiger partial charge in [0.05, 0.1) is 6.67 Å². The fourth-order valence-electron chi connectivity index (χ4n) is 2.93. The zero-order chi connectivity index (χ0) is 16.2. The van der Waals surface area contributed by atoms with Crippen molar-refractivity contribution < 1.29 is 0 Å². The van der Waals surface area contributed by atoms with E-state index >= 15 is 0 Å². The maximum Gasteiger partial charge on any atom is 0.199 e. The molecule has 0 aliphatic carbocycles. The Kier molecular flexibility index (Phi) is 5.03. The highest BCUT2D eigenvalue weighted by Crippen LogP contribution is 2.19. The Morgan fingerprint density at radius 3 is 2.83 bits per heavy atom. The van der Waals surface area contributed by atoms with Gasteiger partial charge in [0.15, 0.2) is 10.6 Å². The smallest absolute Gasteiger partial charge is 0.199 e. The third-order valence-electron chi connectivity index (χ3n) is 4.36. The molecule has 23 heavy (non-hydrogen) atoms. The van der Waals surface area contributed by atoms with Crippen molar-refractivity contribution in [3.8, 4) is 11.4 Å². The van der Waals surface area contributed by atoms with Crippen LogP contribution in [0.3, 0.4) is 0 Å². The molecule has 0 spiro atoms. The van der Waals surface area contributed by atoms with Crippen molar-refractivity contribution in [2.24, 2.45) is 5.92 Å². The van der Waals surface area contributed by atoms with Crippen molar-refractivity contribution in [1.29, 1.82) is 0 Å². The van der Waals surface area contributed by atoms with Gasteiger partial charge in [-0.3, -0.25) is 14.5 Å². The first-order valence-electron chi connectivity index (χ1n) is 8.10. The second kappa shape index (κ2) is 7.19. The van der Waals surface area contributed by atoms with Crippen molar-refractivity contribution in [2.75, 3.05) is 13.1 Å². The molecule has 1 aliphatic rings. The fraction of sp³-hybridized carbons (Fsp3) is 0.471. The van der Waals surface area contributed by atoms with Gasteiger partial charge >= 0.3 is 0 Å². The standard InChI is InChI=1S/C17H23N5S/c1-3-9-21-16(15-5-4-8-18-12-15)19-22(17(21)23)13-20-10-6-14(2)7-11-20/h3-5,8,12,14H,1,6-7,9-11,13H2,2H3. The minimum absolute atomic E-state index is 0.653. The molecule has 0 N–H and O–H groups in total. The van der Waals surface area contributed by atoms with E-state index in [2.05, 4.69) is 23.4 Å². The number of aromatic nitrogens is 4. The average Bonchev–Trinajstić information content (AvgIpc) is 2.88. The van der Waals surface area contributed by atoms with E-state index in [0.29, 0.717) is 6.54 Å². The van der Waals surface area contributed by atoms with Gasteiger partial charge in [-0.05, 0) is 43.1 Å². The molecular formula is C17H23N5S. The zero-order valence-electron chi connectivity index (χ0n) is 13.6. The van der Waals surface area contributed by atoms with Crippen molar-refractivity contribution in [1.82, 2.24) is 24.2 Å². The Labute approximate surface area is 142 Å². The summed E-state index contributed by atoms with van der Waals surface area (Å²) < 4.78 is 4.69. The molecule has 1 saturated heterocycles. The molecule has 0 saturated carbocycles. The summed E-state index contributed by atoms with van der Waals surface area (Å²) in [7, 11) is 0. The number of likely N-dealkylation sites (tertiary alicyclic amines) is 1. The fourth-order valence-corrected chi connectivity index (χ4v) is 3.19. The number of piperidine rings is 1. The molecule has 1 fully saturated rings. The maximum absolute atomic E-state index is 5.64. The molecule has 2 aromatic heterocycles. The van der Waals surface area contributed by atoms with E-state index < -0.39 is 0 Å².